The number of anilines is 1. The lowest BCUT2D eigenvalue weighted by molar-refractivity contribution is 0.0596. The number of hydrogen-bond acceptors (Lipinski definition) is 5. The maximum atomic E-state index is 12.7. The predicted octanol–water partition coefficient (Wildman–Crippen LogP) is 1.48. The van der Waals surface area contributed by atoms with Crippen LogP contribution in [0.4, 0.5) is 5.69 Å². The van der Waals surface area contributed by atoms with Gasteiger partial charge in [0.2, 0.25) is 10.0 Å². The zero-order valence-electron chi connectivity index (χ0n) is 12.2. The van der Waals surface area contributed by atoms with Crippen molar-refractivity contribution in [1.29, 1.82) is 0 Å². The molecule has 2 N–H and O–H groups in total. The van der Waals surface area contributed by atoms with Crippen LogP contribution in [-0.2, 0) is 14.8 Å². The largest absolute Gasteiger partial charge is 0.465 e. The van der Waals surface area contributed by atoms with Crippen LogP contribution in [0.2, 0.25) is 0 Å². The Balaban J connectivity index is 2.43. The Morgan fingerprint density at radius 3 is 2.76 bits per heavy atom. The number of sulfonamides is 1. The molecule has 21 heavy (non-hydrogen) atoms. The minimum Gasteiger partial charge on any atom is -0.465 e. The Hall–Kier alpha value is -1.60. The zero-order chi connectivity index (χ0) is 15.6. The minimum atomic E-state index is -3.71. The fraction of sp³-hybridized carbons (Fsp3) is 0.500. The standard InChI is InChI=1S/C14H20N2O4S/c1-3-10-6-7-16(9-10)21(18,19)13-5-4-11(15)8-12(13)14(17)20-2/h4-5,8,10H,3,6-7,9,15H2,1-2H3. The van der Waals surface area contributed by atoms with Crippen LogP contribution in [0.25, 0.3) is 0 Å². The Morgan fingerprint density at radius 1 is 1.48 bits per heavy atom. The van der Waals surface area contributed by atoms with E-state index in [1.165, 1.54) is 29.6 Å². The van der Waals surface area contributed by atoms with Crippen molar-refractivity contribution in [3.8, 4) is 0 Å². The number of rotatable bonds is 4. The molecule has 1 heterocycles. The van der Waals surface area contributed by atoms with Crippen molar-refractivity contribution in [3.63, 3.8) is 0 Å². The van der Waals surface area contributed by atoms with Crippen LogP contribution in [-0.4, -0.2) is 38.9 Å². The number of nitrogen functional groups attached to an aromatic ring is 1. The Kier molecular flexibility index (Phi) is 4.53. The van der Waals surface area contributed by atoms with Gasteiger partial charge in [-0.25, -0.2) is 13.2 Å². The molecule has 6 nitrogen and oxygen atoms in total. The number of esters is 1. The smallest absolute Gasteiger partial charge is 0.339 e. The molecule has 1 atom stereocenters. The first-order chi connectivity index (χ1) is 9.90. The van der Waals surface area contributed by atoms with E-state index in [-0.39, 0.29) is 10.5 Å². The lowest BCUT2D eigenvalue weighted by Crippen LogP contribution is -2.30. The van der Waals surface area contributed by atoms with Crippen LogP contribution >= 0.6 is 0 Å². The molecule has 1 aromatic carbocycles. The predicted molar refractivity (Wildman–Crippen MR) is 79.4 cm³/mol. The van der Waals surface area contributed by atoms with E-state index in [9.17, 15) is 13.2 Å². The number of methoxy groups -OCH3 is 1. The SMILES string of the molecule is CCC1CCN(S(=O)(=O)c2ccc(N)cc2C(=O)OC)C1. The highest BCUT2D eigenvalue weighted by Crippen LogP contribution is 2.28. The highest BCUT2D eigenvalue weighted by Gasteiger charge is 2.34. The minimum absolute atomic E-state index is 0.0163. The Labute approximate surface area is 124 Å². The number of benzene rings is 1. The van der Waals surface area contributed by atoms with E-state index in [2.05, 4.69) is 4.74 Å². The third kappa shape index (κ3) is 3.03. The summed E-state index contributed by atoms with van der Waals surface area (Å²) >= 11 is 0. The fourth-order valence-electron chi connectivity index (χ4n) is 2.53. The van der Waals surface area contributed by atoms with Crippen molar-refractivity contribution in [1.82, 2.24) is 4.31 Å². The number of carbonyl (C=O) groups is 1. The first kappa shape index (κ1) is 15.8. The molecule has 0 spiro atoms. The third-order valence-electron chi connectivity index (χ3n) is 3.85. The monoisotopic (exact) mass is 312 g/mol. The second-order valence-corrected chi connectivity index (χ2v) is 7.08. The van der Waals surface area contributed by atoms with Gasteiger partial charge < -0.3 is 10.5 Å². The van der Waals surface area contributed by atoms with Crippen LogP contribution in [0.1, 0.15) is 30.1 Å². The summed E-state index contributed by atoms with van der Waals surface area (Å²) in [6.07, 6.45) is 1.79. The van der Waals surface area contributed by atoms with Crippen molar-refractivity contribution in [2.75, 3.05) is 25.9 Å². The average molecular weight is 312 g/mol. The summed E-state index contributed by atoms with van der Waals surface area (Å²) in [7, 11) is -2.49. The van der Waals surface area contributed by atoms with Crippen molar-refractivity contribution >= 4 is 21.7 Å². The molecule has 0 aliphatic carbocycles. The molecular formula is C14H20N2O4S. The second-order valence-electron chi connectivity index (χ2n) is 5.17. The van der Waals surface area contributed by atoms with Gasteiger partial charge in [0.05, 0.1) is 17.6 Å². The maximum Gasteiger partial charge on any atom is 0.339 e. The molecular weight excluding hydrogens is 292 g/mol. The van der Waals surface area contributed by atoms with Gasteiger partial charge in [0.1, 0.15) is 0 Å². The van der Waals surface area contributed by atoms with Gasteiger partial charge in [-0.3, -0.25) is 0 Å². The first-order valence-electron chi connectivity index (χ1n) is 6.88. The van der Waals surface area contributed by atoms with Gasteiger partial charge in [0, 0.05) is 18.8 Å². The topological polar surface area (TPSA) is 89.7 Å². The summed E-state index contributed by atoms with van der Waals surface area (Å²) < 4.78 is 31.5. The van der Waals surface area contributed by atoms with Crippen molar-refractivity contribution in [2.24, 2.45) is 5.92 Å². The summed E-state index contributed by atoms with van der Waals surface area (Å²) in [5, 5.41) is 0. The Bertz CT molecular complexity index is 642. The molecule has 7 heteroatoms. The van der Waals surface area contributed by atoms with Crippen molar-refractivity contribution in [3.05, 3.63) is 23.8 Å². The molecule has 1 saturated heterocycles. The molecule has 1 aliphatic heterocycles. The summed E-state index contributed by atoms with van der Waals surface area (Å²) in [5.41, 5.74) is 5.95. The fourth-order valence-corrected chi connectivity index (χ4v) is 4.22. The summed E-state index contributed by atoms with van der Waals surface area (Å²) in [6, 6.07) is 4.19. The van der Waals surface area contributed by atoms with Crippen LogP contribution in [0, 0.1) is 5.92 Å². The summed E-state index contributed by atoms with van der Waals surface area (Å²) in [5.74, 6) is -0.331. The molecule has 0 amide bonds. The van der Waals surface area contributed by atoms with Gasteiger partial charge in [-0.05, 0) is 30.5 Å². The third-order valence-corrected chi connectivity index (χ3v) is 5.78. The molecule has 0 aromatic heterocycles. The molecule has 116 valence electrons. The molecule has 1 unspecified atom stereocenters. The van der Waals surface area contributed by atoms with E-state index in [4.69, 9.17) is 5.73 Å². The van der Waals surface area contributed by atoms with Crippen LogP contribution in [0.3, 0.4) is 0 Å². The van der Waals surface area contributed by atoms with E-state index in [1.807, 2.05) is 6.92 Å². The number of nitrogens with zero attached hydrogens (tertiary/aromatic N) is 1. The normalized spacial score (nSPS) is 19.6. The molecule has 0 bridgehead atoms. The zero-order valence-corrected chi connectivity index (χ0v) is 13.0. The van der Waals surface area contributed by atoms with Gasteiger partial charge in [-0.1, -0.05) is 13.3 Å². The van der Waals surface area contributed by atoms with E-state index in [0.717, 1.165) is 12.8 Å². The molecule has 1 fully saturated rings. The maximum absolute atomic E-state index is 12.7. The van der Waals surface area contributed by atoms with Crippen LogP contribution < -0.4 is 5.73 Å². The molecule has 0 saturated carbocycles. The van der Waals surface area contributed by atoms with Gasteiger partial charge in [-0.15, -0.1) is 0 Å². The number of hydrogen-bond donors (Lipinski definition) is 1. The van der Waals surface area contributed by atoms with Gasteiger partial charge in [0.15, 0.2) is 0 Å². The van der Waals surface area contributed by atoms with E-state index in [1.54, 1.807) is 0 Å². The van der Waals surface area contributed by atoms with Crippen molar-refractivity contribution in [2.45, 2.75) is 24.7 Å². The average Bonchev–Trinajstić information content (AvgIpc) is 2.95. The summed E-state index contributed by atoms with van der Waals surface area (Å²) in [4.78, 5) is 11.8. The Morgan fingerprint density at radius 2 is 2.19 bits per heavy atom. The highest BCUT2D eigenvalue weighted by atomic mass is 32.2. The quantitative estimate of drug-likeness (QED) is 0.672. The van der Waals surface area contributed by atoms with Crippen LogP contribution in [0.5, 0.6) is 0 Å². The van der Waals surface area contributed by atoms with Crippen molar-refractivity contribution < 1.29 is 17.9 Å². The number of carbonyl (C=O) groups excluding carboxylic acids is 1. The second kappa shape index (κ2) is 6.03. The van der Waals surface area contributed by atoms with Gasteiger partial charge >= 0.3 is 5.97 Å². The summed E-state index contributed by atoms with van der Waals surface area (Å²) in [6.45, 7) is 3.01. The van der Waals surface area contributed by atoms with Gasteiger partial charge in [-0.2, -0.15) is 4.31 Å². The first-order valence-corrected chi connectivity index (χ1v) is 8.32. The van der Waals surface area contributed by atoms with E-state index < -0.39 is 16.0 Å². The lowest BCUT2D eigenvalue weighted by atomic mass is 10.1. The number of ether oxygens (including phenoxy) is 1. The van der Waals surface area contributed by atoms with E-state index >= 15 is 0 Å². The highest BCUT2D eigenvalue weighted by molar-refractivity contribution is 7.89. The van der Waals surface area contributed by atoms with Gasteiger partial charge in [0.25, 0.3) is 0 Å². The molecule has 0 radical (unpaired) electrons. The lowest BCUT2D eigenvalue weighted by Gasteiger charge is -2.18. The molecule has 1 aromatic rings. The molecule has 1 aliphatic rings. The molecule has 2 rings (SSSR count). The van der Waals surface area contributed by atoms with Crippen LogP contribution in [0.15, 0.2) is 23.1 Å². The number of nitrogens with two attached hydrogens (primary N) is 1. The van der Waals surface area contributed by atoms with E-state index in [0.29, 0.717) is 24.7 Å².